The van der Waals surface area contributed by atoms with Crippen LogP contribution in [0.2, 0.25) is 5.02 Å². The second kappa shape index (κ2) is 7.51. The van der Waals surface area contributed by atoms with E-state index in [9.17, 15) is 8.78 Å². The summed E-state index contributed by atoms with van der Waals surface area (Å²) in [5.41, 5.74) is 1.50. The highest BCUT2D eigenvalue weighted by Gasteiger charge is 2.15. The highest BCUT2D eigenvalue weighted by atomic mass is 35.5. The lowest BCUT2D eigenvalue weighted by atomic mass is 10.2. The molecule has 102 valence electrons. The van der Waals surface area contributed by atoms with Gasteiger partial charge in [0.1, 0.15) is 0 Å². The first-order valence-electron chi connectivity index (χ1n) is 5.65. The van der Waals surface area contributed by atoms with Crippen LogP contribution in [-0.4, -0.2) is 38.3 Å². The third kappa shape index (κ3) is 4.40. The summed E-state index contributed by atoms with van der Waals surface area (Å²) in [7, 11) is 1.82. The molecule has 3 nitrogen and oxygen atoms in total. The number of benzene rings is 1. The Balaban J connectivity index is 2.90. The van der Waals surface area contributed by atoms with Gasteiger partial charge in [0.15, 0.2) is 0 Å². The zero-order valence-electron chi connectivity index (χ0n) is 10.2. The normalized spacial score (nSPS) is 11.0. The zero-order chi connectivity index (χ0) is 13.5. The third-order valence-corrected chi connectivity index (χ3v) is 2.76. The molecule has 0 aliphatic heterocycles. The fourth-order valence-corrected chi connectivity index (χ4v) is 2.04. The van der Waals surface area contributed by atoms with Crippen LogP contribution in [0.15, 0.2) is 18.2 Å². The summed E-state index contributed by atoms with van der Waals surface area (Å²) >= 11 is 6.08. The van der Waals surface area contributed by atoms with E-state index in [-0.39, 0.29) is 13.2 Å². The average molecular weight is 279 g/mol. The monoisotopic (exact) mass is 278 g/mol. The van der Waals surface area contributed by atoms with Crippen molar-refractivity contribution in [3.63, 3.8) is 0 Å². The van der Waals surface area contributed by atoms with Crippen LogP contribution < -0.4 is 10.2 Å². The molecule has 0 unspecified atom stereocenters. The fourth-order valence-electron chi connectivity index (χ4n) is 1.72. The van der Waals surface area contributed by atoms with E-state index < -0.39 is 13.0 Å². The minimum Gasteiger partial charge on any atom is -0.395 e. The van der Waals surface area contributed by atoms with Gasteiger partial charge in [-0.05, 0) is 24.7 Å². The second-order valence-electron chi connectivity index (χ2n) is 3.88. The molecule has 1 aromatic rings. The Morgan fingerprint density at radius 1 is 1.44 bits per heavy atom. The molecule has 0 fully saturated rings. The number of nitrogens with one attached hydrogen (secondary N) is 1. The summed E-state index contributed by atoms with van der Waals surface area (Å²) in [4.78, 5) is 1.39. The van der Waals surface area contributed by atoms with Crippen molar-refractivity contribution in [3.05, 3.63) is 28.8 Å². The molecular formula is C12H17ClF2N2O. The van der Waals surface area contributed by atoms with Crippen molar-refractivity contribution < 1.29 is 13.9 Å². The molecule has 0 aliphatic rings. The minimum atomic E-state index is -2.47. The largest absolute Gasteiger partial charge is 0.395 e. The van der Waals surface area contributed by atoms with E-state index >= 15 is 0 Å². The van der Waals surface area contributed by atoms with Crippen LogP contribution in [0.5, 0.6) is 0 Å². The molecule has 0 aromatic heterocycles. The first kappa shape index (κ1) is 15.1. The molecule has 1 aromatic carbocycles. The molecule has 0 bridgehead atoms. The smallest absolute Gasteiger partial charge is 0.255 e. The van der Waals surface area contributed by atoms with E-state index in [1.54, 1.807) is 12.1 Å². The van der Waals surface area contributed by atoms with Crippen molar-refractivity contribution >= 4 is 17.3 Å². The molecule has 0 saturated carbocycles. The van der Waals surface area contributed by atoms with Crippen molar-refractivity contribution in [1.82, 2.24) is 5.32 Å². The number of hydrogen-bond acceptors (Lipinski definition) is 3. The summed E-state index contributed by atoms with van der Waals surface area (Å²) < 4.78 is 24.9. The average Bonchev–Trinajstić information content (AvgIpc) is 2.28. The molecule has 0 spiro atoms. The zero-order valence-corrected chi connectivity index (χ0v) is 10.9. The van der Waals surface area contributed by atoms with Crippen LogP contribution >= 0.6 is 11.6 Å². The Morgan fingerprint density at radius 2 is 2.17 bits per heavy atom. The van der Waals surface area contributed by atoms with E-state index in [1.165, 1.54) is 4.90 Å². The van der Waals surface area contributed by atoms with Crippen LogP contribution in [0.3, 0.4) is 0 Å². The van der Waals surface area contributed by atoms with Crippen LogP contribution in [0.1, 0.15) is 5.56 Å². The number of nitrogens with zero attached hydrogens (tertiary/aromatic N) is 1. The number of aliphatic hydroxyl groups is 1. The van der Waals surface area contributed by atoms with Gasteiger partial charge in [0.2, 0.25) is 0 Å². The van der Waals surface area contributed by atoms with Gasteiger partial charge in [0, 0.05) is 13.1 Å². The molecular weight excluding hydrogens is 262 g/mol. The number of anilines is 1. The predicted octanol–water partition coefficient (Wildman–Crippen LogP) is 2.12. The third-order valence-electron chi connectivity index (χ3n) is 2.46. The van der Waals surface area contributed by atoms with Gasteiger partial charge in [0.25, 0.3) is 6.43 Å². The van der Waals surface area contributed by atoms with Gasteiger partial charge in [-0.1, -0.05) is 17.7 Å². The molecule has 0 amide bonds. The molecule has 18 heavy (non-hydrogen) atoms. The van der Waals surface area contributed by atoms with Gasteiger partial charge in [-0.3, -0.25) is 0 Å². The Kier molecular flexibility index (Phi) is 6.32. The summed E-state index contributed by atoms with van der Waals surface area (Å²) in [5.74, 6) is 0. The van der Waals surface area contributed by atoms with Gasteiger partial charge < -0.3 is 15.3 Å². The Labute approximate surface area is 110 Å². The molecule has 6 heteroatoms. The molecule has 0 radical (unpaired) electrons. The van der Waals surface area contributed by atoms with Crippen LogP contribution in [0, 0.1) is 0 Å². The molecule has 0 heterocycles. The quantitative estimate of drug-likeness (QED) is 0.802. The number of rotatable bonds is 7. The maximum absolute atomic E-state index is 12.4. The lowest BCUT2D eigenvalue weighted by Crippen LogP contribution is -2.31. The van der Waals surface area contributed by atoms with E-state index in [4.69, 9.17) is 16.7 Å². The Bertz CT molecular complexity index is 377. The minimum absolute atomic E-state index is 0.134. The van der Waals surface area contributed by atoms with E-state index in [2.05, 4.69) is 5.32 Å². The van der Waals surface area contributed by atoms with Gasteiger partial charge >= 0.3 is 0 Å². The highest BCUT2D eigenvalue weighted by molar-refractivity contribution is 6.33. The number of hydrogen-bond donors (Lipinski definition) is 2. The summed E-state index contributed by atoms with van der Waals surface area (Å²) in [6, 6.07) is 5.27. The van der Waals surface area contributed by atoms with Crippen LogP contribution in [0.25, 0.3) is 0 Å². The van der Waals surface area contributed by atoms with Crippen molar-refractivity contribution in [2.45, 2.75) is 13.0 Å². The predicted molar refractivity (Wildman–Crippen MR) is 69.5 cm³/mol. The summed E-state index contributed by atoms with van der Waals surface area (Å²) in [6.45, 7) is 0.164. The standard InChI is InChI=1S/C12H17ClF2N2O/c1-16-7-9-2-3-11(10(13)6-9)17(4-5-18)8-12(14)15/h2-3,6,12,16,18H,4-5,7-8H2,1H3. The second-order valence-corrected chi connectivity index (χ2v) is 4.28. The first-order chi connectivity index (χ1) is 8.58. The van der Waals surface area contributed by atoms with E-state index in [1.807, 2.05) is 13.1 Å². The first-order valence-corrected chi connectivity index (χ1v) is 6.03. The highest BCUT2D eigenvalue weighted by Crippen LogP contribution is 2.27. The summed E-state index contributed by atoms with van der Waals surface area (Å²) in [5, 5.41) is 12.3. The van der Waals surface area contributed by atoms with Crippen molar-refractivity contribution in [3.8, 4) is 0 Å². The fraction of sp³-hybridized carbons (Fsp3) is 0.500. The maximum Gasteiger partial charge on any atom is 0.255 e. The maximum atomic E-state index is 12.4. The van der Waals surface area contributed by atoms with E-state index in [0.717, 1.165) is 5.56 Å². The van der Waals surface area contributed by atoms with Gasteiger partial charge in [-0.15, -0.1) is 0 Å². The van der Waals surface area contributed by atoms with Gasteiger partial charge in [0.05, 0.1) is 23.9 Å². The molecule has 1 rings (SSSR count). The molecule has 0 saturated heterocycles. The van der Waals surface area contributed by atoms with Crippen molar-refractivity contribution in [2.75, 3.05) is 31.6 Å². The summed E-state index contributed by atoms with van der Waals surface area (Å²) in [6.07, 6.45) is -2.47. The Hall–Kier alpha value is -0.910. The lowest BCUT2D eigenvalue weighted by Gasteiger charge is -2.24. The van der Waals surface area contributed by atoms with Crippen LogP contribution in [-0.2, 0) is 6.54 Å². The SMILES string of the molecule is CNCc1ccc(N(CCO)CC(F)F)c(Cl)c1. The topological polar surface area (TPSA) is 35.5 Å². The molecule has 0 atom stereocenters. The lowest BCUT2D eigenvalue weighted by molar-refractivity contribution is 0.153. The molecule has 2 N–H and O–H groups in total. The van der Waals surface area contributed by atoms with E-state index in [0.29, 0.717) is 17.3 Å². The van der Waals surface area contributed by atoms with Crippen molar-refractivity contribution in [1.29, 1.82) is 0 Å². The number of aliphatic hydroxyl groups excluding tert-OH is 1. The number of alkyl halides is 2. The molecule has 0 aliphatic carbocycles. The van der Waals surface area contributed by atoms with Crippen molar-refractivity contribution in [2.24, 2.45) is 0 Å². The number of halogens is 3. The van der Waals surface area contributed by atoms with Crippen LogP contribution in [0.4, 0.5) is 14.5 Å². The van der Waals surface area contributed by atoms with Gasteiger partial charge in [-0.25, -0.2) is 8.78 Å². The Morgan fingerprint density at radius 3 is 2.67 bits per heavy atom. The van der Waals surface area contributed by atoms with Gasteiger partial charge in [-0.2, -0.15) is 0 Å².